The maximum absolute atomic E-state index is 12.1. The Morgan fingerprint density at radius 2 is 2.28 bits per heavy atom. The highest BCUT2D eigenvalue weighted by Crippen LogP contribution is 2.16. The molecule has 0 bridgehead atoms. The van der Waals surface area contributed by atoms with Gasteiger partial charge in [-0.2, -0.15) is 0 Å². The standard InChI is InChI=1S/C14H20N2O2/c1-18-13(11-6-3-2-4-7-11)14(17)16-10-12-8-5-9-15-12/h2-4,6-7,12-13,15H,5,8-10H2,1H3,(H,16,17). The lowest BCUT2D eigenvalue weighted by Crippen LogP contribution is -2.39. The summed E-state index contributed by atoms with van der Waals surface area (Å²) < 4.78 is 5.28. The van der Waals surface area contributed by atoms with Gasteiger partial charge in [0.2, 0.25) is 0 Å². The number of amides is 1. The van der Waals surface area contributed by atoms with Gasteiger partial charge in [-0.3, -0.25) is 4.79 Å². The van der Waals surface area contributed by atoms with E-state index in [1.165, 1.54) is 6.42 Å². The van der Waals surface area contributed by atoms with Crippen molar-refractivity contribution >= 4 is 5.91 Å². The lowest BCUT2D eigenvalue weighted by atomic mass is 10.1. The summed E-state index contributed by atoms with van der Waals surface area (Å²) in [6, 6.07) is 9.96. The lowest BCUT2D eigenvalue weighted by Gasteiger charge is -2.17. The average Bonchev–Trinajstić information content (AvgIpc) is 2.92. The Morgan fingerprint density at radius 1 is 1.50 bits per heavy atom. The van der Waals surface area contributed by atoms with Crippen LogP contribution in [0.15, 0.2) is 30.3 Å². The van der Waals surface area contributed by atoms with Gasteiger partial charge in [-0.15, -0.1) is 0 Å². The summed E-state index contributed by atoms with van der Waals surface area (Å²) in [5, 5.41) is 6.30. The van der Waals surface area contributed by atoms with Crippen molar-refractivity contribution in [3.05, 3.63) is 35.9 Å². The number of nitrogens with one attached hydrogen (secondary N) is 2. The van der Waals surface area contributed by atoms with Crippen molar-refractivity contribution in [2.75, 3.05) is 20.2 Å². The normalized spacial score (nSPS) is 20.6. The number of hydrogen-bond donors (Lipinski definition) is 2. The van der Waals surface area contributed by atoms with E-state index in [9.17, 15) is 4.79 Å². The van der Waals surface area contributed by atoms with Crippen molar-refractivity contribution in [2.45, 2.75) is 25.0 Å². The number of carbonyl (C=O) groups is 1. The number of methoxy groups -OCH3 is 1. The van der Waals surface area contributed by atoms with Gasteiger partial charge >= 0.3 is 0 Å². The highest BCUT2D eigenvalue weighted by molar-refractivity contribution is 5.82. The molecule has 1 aromatic rings. The molecule has 0 aliphatic carbocycles. The number of hydrogen-bond acceptors (Lipinski definition) is 3. The van der Waals surface area contributed by atoms with E-state index in [-0.39, 0.29) is 5.91 Å². The van der Waals surface area contributed by atoms with Crippen molar-refractivity contribution < 1.29 is 9.53 Å². The molecule has 0 radical (unpaired) electrons. The lowest BCUT2D eigenvalue weighted by molar-refractivity contribution is -0.131. The molecule has 2 atom stereocenters. The average molecular weight is 248 g/mol. The molecule has 1 aliphatic heterocycles. The zero-order chi connectivity index (χ0) is 12.8. The highest BCUT2D eigenvalue weighted by atomic mass is 16.5. The Bertz CT molecular complexity index is 375. The highest BCUT2D eigenvalue weighted by Gasteiger charge is 2.21. The zero-order valence-electron chi connectivity index (χ0n) is 10.7. The number of carbonyl (C=O) groups excluding carboxylic acids is 1. The summed E-state index contributed by atoms with van der Waals surface area (Å²) in [6.07, 6.45) is 1.79. The molecule has 2 unspecified atom stereocenters. The van der Waals surface area contributed by atoms with Crippen LogP contribution in [0.25, 0.3) is 0 Å². The summed E-state index contributed by atoms with van der Waals surface area (Å²) in [5.41, 5.74) is 0.886. The fourth-order valence-electron chi connectivity index (χ4n) is 2.27. The number of benzene rings is 1. The van der Waals surface area contributed by atoms with E-state index in [4.69, 9.17) is 4.74 Å². The number of rotatable bonds is 5. The molecule has 1 saturated heterocycles. The van der Waals surface area contributed by atoms with E-state index in [1.54, 1.807) is 7.11 Å². The Labute approximate surface area is 108 Å². The first kappa shape index (κ1) is 13.1. The van der Waals surface area contributed by atoms with Gasteiger partial charge in [0.1, 0.15) is 0 Å². The molecule has 2 rings (SSSR count). The molecule has 4 heteroatoms. The van der Waals surface area contributed by atoms with Crippen LogP contribution >= 0.6 is 0 Å². The van der Waals surface area contributed by atoms with Gasteiger partial charge in [0.15, 0.2) is 6.10 Å². The van der Waals surface area contributed by atoms with Gasteiger partial charge in [-0.1, -0.05) is 30.3 Å². The van der Waals surface area contributed by atoms with E-state index in [0.717, 1.165) is 18.5 Å². The summed E-state index contributed by atoms with van der Waals surface area (Å²) >= 11 is 0. The quantitative estimate of drug-likeness (QED) is 0.824. The van der Waals surface area contributed by atoms with Gasteiger partial charge in [-0.25, -0.2) is 0 Å². The predicted molar refractivity (Wildman–Crippen MR) is 70.2 cm³/mol. The zero-order valence-corrected chi connectivity index (χ0v) is 10.7. The van der Waals surface area contributed by atoms with E-state index < -0.39 is 6.10 Å². The minimum absolute atomic E-state index is 0.0719. The summed E-state index contributed by atoms with van der Waals surface area (Å²) in [6.45, 7) is 1.72. The summed E-state index contributed by atoms with van der Waals surface area (Å²) in [7, 11) is 1.56. The van der Waals surface area contributed by atoms with Crippen LogP contribution in [0.1, 0.15) is 24.5 Å². The van der Waals surface area contributed by atoms with Crippen molar-refractivity contribution in [1.82, 2.24) is 10.6 Å². The van der Waals surface area contributed by atoms with Crippen molar-refractivity contribution in [1.29, 1.82) is 0 Å². The molecule has 2 N–H and O–H groups in total. The first-order chi connectivity index (χ1) is 8.81. The summed E-state index contributed by atoms with van der Waals surface area (Å²) in [5.74, 6) is -0.0719. The van der Waals surface area contributed by atoms with E-state index in [2.05, 4.69) is 10.6 Å². The number of ether oxygens (including phenoxy) is 1. The molecule has 1 aromatic carbocycles. The minimum atomic E-state index is -0.521. The van der Waals surface area contributed by atoms with Gasteiger partial charge in [0.25, 0.3) is 5.91 Å². The smallest absolute Gasteiger partial charge is 0.253 e. The first-order valence-electron chi connectivity index (χ1n) is 6.40. The Balaban J connectivity index is 1.89. The van der Waals surface area contributed by atoms with Crippen LogP contribution < -0.4 is 10.6 Å². The molecular formula is C14H20N2O2. The van der Waals surface area contributed by atoms with Crippen LogP contribution in [0, 0.1) is 0 Å². The van der Waals surface area contributed by atoms with Gasteiger partial charge < -0.3 is 15.4 Å². The summed E-state index contributed by atoms with van der Waals surface area (Å²) in [4.78, 5) is 12.1. The van der Waals surface area contributed by atoms with E-state index >= 15 is 0 Å². The van der Waals surface area contributed by atoms with Crippen molar-refractivity contribution in [3.8, 4) is 0 Å². The molecule has 1 heterocycles. The van der Waals surface area contributed by atoms with Gasteiger partial charge in [-0.05, 0) is 24.9 Å². The van der Waals surface area contributed by atoms with Crippen molar-refractivity contribution in [3.63, 3.8) is 0 Å². The Morgan fingerprint density at radius 3 is 2.89 bits per heavy atom. The van der Waals surface area contributed by atoms with Crippen LogP contribution in [0.4, 0.5) is 0 Å². The molecule has 1 aliphatic rings. The molecule has 1 amide bonds. The molecule has 0 spiro atoms. The molecular weight excluding hydrogens is 228 g/mol. The maximum Gasteiger partial charge on any atom is 0.253 e. The second-order valence-corrected chi connectivity index (χ2v) is 4.56. The molecule has 4 nitrogen and oxygen atoms in total. The molecule has 98 valence electrons. The molecule has 1 fully saturated rings. The van der Waals surface area contributed by atoms with Crippen LogP contribution in [0.3, 0.4) is 0 Å². The van der Waals surface area contributed by atoms with E-state index in [0.29, 0.717) is 12.6 Å². The minimum Gasteiger partial charge on any atom is -0.367 e. The van der Waals surface area contributed by atoms with Crippen LogP contribution in [0.2, 0.25) is 0 Å². The fourth-order valence-corrected chi connectivity index (χ4v) is 2.27. The monoisotopic (exact) mass is 248 g/mol. The second kappa shape index (κ2) is 6.52. The predicted octanol–water partition coefficient (Wildman–Crippen LogP) is 1.24. The van der Waals surface area contributed by atoms with Crippen LogP contribution in [0.5, 0.6) is 0 Å². The SMILES string of the molecule is COC(C(=O)NCC1CCCN1)c1ccccc1. The van der Waals surface area contributed by atoms with Gasteiger partial charge in [0, 0.05) is 19.7 Å². The largest absolute Gasteiger partial charge is 0.367 e. The maximum atomic E-state index is 12.1. The second-order valence-electron chi connectivity index (χ2n) is 4.56. The van der Waals surface area contributed by atoms with Crippen LogP contribution in [-0.2, 0) is 9.53 Å². The Hall–Kier alpha value is -1.39. The molecule has 18 heavy (non-hydrogen) atoms. The third-order valence-electron chi connectivity index (χ3n) is 3.26. The third kappa shape index (κ3) is 3.31. The van der Waals surface area contributed by atoms with E-state index in [1.807, 2.05) is 30.3 Å². The topological polar surface area (TPSA) is 50.4 Å². The molecule has 0 aromatic heterocycles. The van der Waals surface area contributed by atoms with Crippen LogP contribution in [-0.4, -0.2) is 32.1 Å². The first-order valence-corrected chi connectivity index (χ1v) is 6.40. The van der Waals surface area contributed by atoms with Gasteiger partial charge in [0.05, 0.1) is 0 Å². The Kier molecular flexibility index (Phi) is 4.73. The third-order valence-corrected chi connectivity index (χ3v) is 3.26. The van der Waals surface area contributed by atoms with Crippen molar-refractivity contribution in [2.24, 2.45) is 0 Å². The molecule has 0 saturated carbocycles. The fraction of sp³-hybridized carbons (Fsp3) is 0.500.